The Bertz CT molecular complexity index is 334. The number of nitrogens with two attached hydrogens (primary N) is 1. The van der Waals surface area contributed by atoms with Crippen molar-refractivity contribution in [3.63, 3.8) is 0 Å². The Balaban J connectivity index is 2.35. The van der Waals surface area contributed by atoms with Crippen LogP contribution in [0.3, 0.4) is 0 Å². The van der Waals surface area contributed by atoms with Gasteiger partial charge in [0.2, 0.25) is 5.91 Å². The molecule has 1 rings (SSSR count). The molecule has 1 aromatic rings. The van der Waals surface area contributed by atoms with E-state index >= 15 is 0 Å². The number of aliphatic hydroxyl groups excluding tert-OH is 1. The third-order valence-corrected chi connectivity index (χ3v) is 4.01. The molecule has 4 N–H and O–H groups in total. The van der Waals surface area contributed by atoms with Gasteiger partial charge in [-0.2, -0.15) is 0 Å². The molecule has 0 spiro atoms. The first kappa shape index (κ1) is 12.6. The number of hydrogen-bond donors (Lipinski definition) is 3. The van der Waals surface area contributed by atoms with Crippen molar-refractivity contribution in [1.82, 2.24) is 5.32 Å². The second-order valence-electron chi connectivity index (χ2n) is 3.17. The standard InChI is InChI=1S/C9H13BrN2O2S/c1-5-7(10)2-6(15-5)3-12-4-8(13)9(11)14/h2,8,12-13H,3-4H2,1H3,(H2,11,14). The van der Waals surface area contributed by atoms with E-state index in [1.807, 2.05) is 13.0 Å². The van der Waals surface area contributed by atoms with Gasteiger partial charge in [-0.1, -0.05) is 0 Å². The smallest absolute Gasteiger partial charge is 0.247 e. The number of rotatable bonds is 5. The highest BCUT2D eigenvalue weighted by molar-refractivity contribution is 9.10. The van der Waals surface area contributed by atoms with Crippen LogP contribution in [0.2, 0.25) is 0 Å². The molecule has 1 atom stereocenters. The van der Waals surface area contributed by atoms with Crippen LogP contribution in [0.15, 0.2) is 10.5 Å². The Morgan fingerprint density at radius 2 is 2.47 bits per heavy atom. The van der Waals surface area contributed by atoms with Gasteiger partial charge in [-0.15, -0.1) is 11.3 Å². The van der Waals surface area contributed by atoms with E-state index < -0.39 is 12.0 Å². The van der Waals surface area contributed by atoms with Crippen molar-refractivity contribution < 1.29 is 9.90 Å². The van der Waals surface area contributed by atoms with Gasteiger partial charge in [0.05, 0.1) is 0 Å². The van der Waals surface area contributed by atoms with Crippen molar-refractivity contribution in [2.24, 2.45) is 5.73 Å². The molecule has 0 radical (unpaired) electrons. The number of halogens is 1. The van der Waals surface area contributed by atoms with Gasteiger partial charge >= 0.3 is 0 Å². The molecule has 0 bridgehead atoms. The van der Waals surface area contributed by atoms with Crippen LogP contribution in [0.5, 0.6) is 0 Å². The first-order valence-corrected chi connectivity index (χ1v) is 6.04. The van der Waals surface area contributed by atoms with E-state index in [0.29, 0.717) is 6.54 Å². The van der Waals surface area contributed by atoms with E-state index in [-0.39, 0.29) is 6.54 Å². The topological polar surface area (TPSA) is 75.3 Å². The molecule has 1 heterocycles. The van der Waals surface area contributed by atoms with Crippen LogP contribution in [0.25, 0.3) is 0 Å². The molecule has 4 nitrogen and oxygen atoms in total. The molecular formula is C9H13BrN2O2S. The summed E-state index contributed by atoms with van der Waals surface area (Å²) in [6.45, 7) is 2.84. The Kier molecular flexibility index (Phi) is 4.72. The van der Waals surface area contributed by atoms with Gasteiger partial charge in [-0.25, -0.2) is 0 Å². The fourth-order valence-corrected chi connectivity index (χ4v) is 2.61. The van der Waals surface area contributed by atoms with E-state index in [9.17, 15) is 4.79 Å². The minimum Gasteiger partial charge on any atom is -0.382 e. The maximum Gasteiger partial charge on any atom is 0.247 e. The van der Waals surface area contributed by atoms with Gasteiger partial charge in [0.1, 0.15) is 6.10 Å². The van der Waals surface area contributed by atoms with Crippen molar-refractivity contribution in [1.29, 1.82) is 0 Å². The molecular weight excluding hydrogens is 280 g/mol. The Morgan fingerprint density at radius 3 is 2.93 bits per heavy atom. The van der Waals surface area contributed by atoms with Gasteiger partial charge in [-0.05, 0) is 28.9 Å². The number of carbonyl (C=O) groups excluding carboxylic acids is 1. The van der Waals surface area contributed by atoms with Crippen molar-refractivity contribution >= 4 is 33.2 Å². The first-order valence-electron chi connectivity index (χ1n) is 4.43. The zero-order valence-electron chi connectivity index (χ0n) is 8.29. The highest BCUT2D eigenvalue weighted by Gasteiger charge is 2.10. The quantitative estimate of drug-likeness (QED) is 0.750. The lowest BCUT2D eigenvalue weighted by Gasteiger charge is -2.06. The molecule has 15 heavy (non-hydrogen) atoms. The predicted molar refractivity (Wildman–Crippen MR) is 63.7 cm³/mol. The van der Waals surface area contributed by atoms with Crippen LogP contribution in [-0.4, -0.2) is 23.7 Å². The summed E-state index contributed by atoms with van der Waals surface area (Å²) < 4.78 is 1.08. The van der Waals surface area contributed by atoms with Crippen molar-refractivity contribution in [3.05, 3.63) is 20.3 Å². The van der Waals surface area contributed by atoms with Gasteiger partial charge in [0, 0.05) is 27.3 Å². The molecule has 0 saturated carbocycles. The number of amides is 1. The highest BCUT2D eigenvalue weighted by atomic mass is 79.9. The third-order valence-electron chi connectivity index (χ3n) is 1.87. The normalized spacial score (nSPS) is 12.7. The van der Waals surface area contributed by atoms with E-state index in [1.165, 1.54) is 4.88 Å². The molecule has 0 aliphatic rings. The molecule has 1 aromatic heterocycles. The summed E-state index contributed by atoms with van der Waals surface area (Å²) in [7, 11) is 0. The first-order chi connectivity index (χ1) is 7.00. The molecule has 0 aromatic carbocycles. The zero-order chi connectivity index (χ0) is 11.4. The number of nitrogens with one attached hydrogen (secondary N) is 1. The average Bonchev–Trinajstić information content (AvgIpc) is 2.46. The molecule has 84 valence electrons. The van der Waals surface area contributed by atoms with Gasteiger partial charge in [0.15, 0.2) is 0 Å². The van der Waals surface area contributed by atoms with E-state index in [0.717, 1.165) is 9.35 Å². The summed E-state index contributed by atoms with van der Waals surface area (Å²) in [6.07, 6.45) is -1.12. The SMILES string of the molecule is Cc1sc(CNCC(O)C(N)=O)cc1Br. The molecule has 0 aliphatic heterocycles. The fraction of sp³-hybridized carbons (Fsp3) is 0.444. The second kappa shape index (κ2) is 5.60. The number of thiophene rings is 1. The average molecular weight is 293 g/mol. The molecule has 6 heteroatoms. The van der Waals surface area contributed by atoms with E-state index in [2.05, 4.69) is 21.2 Å². The summed E-state index contributed by atoms with van der Waals surface area (Å²) in [5.41, 5.74) is 4.91. The Hall–Kier alpha value is -0.430. The van der Waals surface area contributed by atoms with Crippen LogP contribution < -0.4 is 11.1 Å². The van der Waals surface area contributed by atoms with Crippen LogP contribution in [0.4, 0.5) is 0 Å². The van der Waals surface area contributed by atoms with Gasteiger partial charge in [-0.3, -0.25) is 4.79 Å². The van der Waals surface area contributed by atoms with Crippen molar-refractivity contribution in [2.75, 3.05) is 6.54 Å². The summed E-state index contributed by atoms with van der Waals surface area (Å²) in [4.78, 5) is 12.9. The van der Waals surface area contributed by atoms with Crippen molar-refractivity contribution in [3.8, 4) is 0 Å². The number of aryl methyl sites for hydroxylation is 1. The maximum absolute atomic E-state index is 10.5. The maximum atomic E-state index is 10.5. The number of carbonyl (C=O) groups is 1. The Labute approximate surface area is 101 Å². The zero-order valence-corrected chi connectivity index (χ0v) is 10.7. The Morgan fingerprint density at radius 1 is 1.80 bits per heavy atom. The molecule has 1 amide bonds. The minimum absolute atomic E-state index is 0.184. The summed E-state index contributed by atoms with van der Waals surface area (Å²) in [5, 5.41) is 12.1. The lowest BCUT2D eigenvalue weighted by molar-refractivity contribution is -0.125. The molecule has 1 unspecified atom stereocenters. The lowest BCUT2D eigenvalue weighted by atomic mass is 10.3. The molecule has 0 saturated heterocycles. The van der Waals surface area contributed by atoms with Crippen LogP contribution in [0.1, 0.15) is 9.75 Å². The minimum atomic E-state index is -1.12. The van der Waals surface area contributed by atoms with Crippen LogP contribution >= 0.6 is 27.3 Å². The number of hydrogen-bond acceptors (Lipinski definition) is 4. The summed E-state index contributed by atoms with van der Waals surface area (Å²) in [6, 6.07) is 2.02. The highest BCUT2D eigenvalue weighted by Crippen LogP contribution is 2.25. The van der Waals surface area contributed by atoms with E-state index in [4.69, 9.17) is 10.8 Å². The number of aliphatic hydroxyl groups is 1. The second-order valence-corrected chi connectivity index (χ2v) is 5.36. The van der Waals surface area contributed by atoms with E-state index in [1.54, 1.807) is 11.3 Å². The van der Waals surface area contributed by atoms with Gasteiger partial charge in [0.25, 0.3) is 0 Å². The fourth-order valence-electron chi connectivity index (χ4n) is 1.04. The van der Waals surface area contributed by atoms with Crippen LogP contribution in [0, 0.1) is 6.92 Å². The third kappa shape index (κ3) is 3.90. The largest absolute Gasteiger partial charge is 0.382 e. The predicted octanol–water partition coefficient (Wildman–Crippen LogP) is 0.755. The number of primary amides is 1. The van der Waals surface area contributed by atoms with Crippen LogP contribution in [-0.2, 0) is 11.3 Å². The van der Waals surface area contributed by atoms with Crippen molar-refractivity contribution in [2.45, 2.75) is 19.6 Å². The monoisotopic (exact) mass is 292 g/mol. The van der Waals surface area contributed by atoms with Gasteiger partial charge < -0.3 is 16.2 Å². The summed E-state index contributed by atoms with van der Waals surface area (Å²) in [5.74, 6) is -0.703. The molecule has 0 fully saturated rings. The lowest BCUT2D eigenvalue weighted by Crippen LogP contribution is -2.37. The summed E-state index contributed by atoms with van der Waals surface area (Å²) >= 11 is 5.09. The molecule has 0 aliphatic carbocycles.